The lowest BCUT2D eigenvalue weighted by atomic mass is 9.87. The van der Waals surface area contributed by atoms with E-state index in [1.54, 1.807) is 26.0 Å². The van der Waals surface area contributed by atoms with E-state index in [0.717, 1.165) is 10.0 Å². The average Bonchev–Trinajstić information content (AvgIpc) is 2.47. The number of aliphatic hydroxyl groups excluding tert-OH is 1. The Hall–Kier alpha value is -1.57. The Kier molecular flexibility index (Phi) is 7.21. The van der Waals surface area contributed by atoms with Crippen LogP contribution in [0.3, 0.4) is 0 Å². The largest absolute Gasteiger partial charge is 0.465 e. The Labute approximate surface area is 134 Å². The second-order valence-electron chi connectivity index (χ2n) is 4.67. The van der Waals surface area contributed by atoms with Crippen molar-refractivity contribution in [3.05, 3.63) is 46.5 Å². The summed E-state index contributed by atoms with van der Waals surface area (Å²) in [7, 11) is 0. The molecule has 0 bridgehead atoms. The molecule has 0 amide bonds. The van der Waals surface area contributed by atoms with Gasteiger partial charge >= 0.3 is 5.97 Å². The molecule has 3 nitrogen and oxygen atoms in total. The van der Waals surface area contributed by atoms with Gasteiger partial charge in [-0.15, -0.1) is 0 Å². The van der Waals surface area contributed by atoms with Gasteiger partial charge in [-0.3, -0.25) is 4.79 Å². The third-order valence-corrected chi connectivity index (χ3v) is 3.38. The van der Waals surface area contributed by atoms with E-state index in [9.17, 15) is 4.79 Å². The Balaban J connectivity index is 2.99. The summed E-state index contributed by atoms with van der Waals surface area (Å²) >= 11 is 3.37. The van der Waals surface area contributed by atoms with E-state index in [1.165, 1.54) is 0 Å². The molecule has 1 rings (SSSR count). The Morgan fingerprint density at radius 2 is 2.05 bits per heavy atom. The highest BCUT2D eigenvalue weighted by Crippen LogP contribution is 2.23. The van der Waals surface area contributed by atoms with Crippen molar-refractivity contribution in [3.63, 3.8) is 0 Å². The predicted octanol–water partition coefficient (Wildman–Crippen LogP) is 3.31. The zero-order valence-corrected chi connectivity index (χ0v) is 13.8. The van der Waals surface area contributed by atoms with Gasteiger partial charge in [-0.25, -0.2) is 0 Å². The highest BCUT2D eigenvalue weighted by molar-refractivity contribution is 9.10. The third-order valence-electron chi connectivity index (χ3n) is 2.85. The molecule has 21 heavy (non-hydrogen) atoms. The van der Waals surface area contributed by atoms with E-state index in [1.807, 2.05) is 24.3 Å². The summed E-state index contributed by atoms with van der Waals surface area (Å²) in [6, 6.07) is 7.56. The minimum Gasteiger partial charge on any atom is -0.465 e. The molecule has 4 heteroatoms. The topological polar surface area (TPSA) is 46.5 Å². The Morgan fingerprint density at radius 3 is 2.62 bits per heavy atom. The highest BCUT2D eigenvalue weighted by Gasteiger charge is 2.31. The fraction of sp³-hybridized carbons (Fsp3) is 0.353. The van der Waals surface area contributed by atoms with E-state index in [4.69, 9.17) is 9.84 Å². The van der Waals surface area contributed by atoms with E-state index in [0.29, 0.717) is 13.0 Å². The molecule has 0 saturated heterocycles. The molecular formula is C17H19BrO3. The minimum absolute atomic E-state index is 0.0565. The van der Waals surface area contributed by atoms with Crippen LogP contribution in [0.15, 0.2) is 40.9 Å². The molecule has 1 aromatic rings. The highest BCUT2D eigenvalue weighted by atomic mass is 79.9. The van der Waals surface area contributed by atoms with Crippen LogP contribution in [-0.4, -0.2) is 24.3 Å². The molecule has 1 unspecified atom stereocenters. The lowest BCUT2D eigenvalue weighted by Crippen LogP contribution is -2.28. The molecule has 1 atom stereocenters. The number of benzene rings is 1. The van der Waals surface area contributed by atoms with Crippen molar-refractivity contribution in [1.82, 2.24) is 0 Å². The Morgan fingerprint density at radius 1 is 1.38 bits per heavy atom. The minimum atomic E-state index is -0.922. The number of carbonyl (C=O) groups excluding carboxylic acids is 1. The summed E-state index contributed by atoms with van der Waals surface area (Å²) in [6.07, 6.45) is 3.74. The van der Waals surface area contributed by atoms with Gasteiger partial charge in [-0.1, -0.05) is 39.9 Å². The van der Waals surface area contributed by atoms with Crippen LogP contribution in [-0.2, 0) is 9.53 Å². The first kappa shape index (κ1) is 17.5. The number of hydrogen-bond donors (Lipinski definition) is 1. The number of rotatable bonds is 5. The van der Waals surface area contributed by atoms with Crippen molar-refractivity contribution in [1.29, 1.82) is 0 Å². The average molecular weight is 351 g/mol. The summed E-state index contributed by atoms with van der Waals surface area (Å²) < 4.78 is 6.08. The Bertz CT molecular complexity index is 552. The van der Waals surface area contributed by atoms with Crippen LogP contribution >= 0.6 is 15.9 Å². The molecule has 0 aliphatic carbocycles. The van der Waals surface area contributed by atoms with Crippen molar-refractivity contribution in [2.45, 2.75) is 20.3 Å². The van der Waals surface area contributed by atoms with Crippen LogP contribution in [0.4, 0.5) is 0 Å². The van der Waals surface area contributed by atoms with Crippen molar-refractivity contribution < 1.29 is 14.6 Å². The van der Waals surface area contributed by atoms with Crippen molar-refractivity contribution in [2.75, 3.05) is 13.2 Å². The van der Waals surface area contributed by atoms with Crippen LogP contribution in [0, 0.1) is 17.3 Å². The van der Waals surface area contributed by atoms with E-state index in [-0.39, 0.29) is 12.6 Å². The molecule has 0 aliphatic rings. The second-order valence-corrected chi connectivity index (χ2v) is 5.58. The maximum Gasteiger partial charge on any atom is 0.324 e. The molecule has 0 heterocycles. The summed E-state index contributed by atoms with van der Waals surface area (Å²) in [5.41, 5.74) is -0.0887. The van der Waals surface area contributed by atoms with Gasteiger partial charge in [0.25, 0.3) is 0 Å². The SMILES string of the molecule is CCOC(=O)C(C)(C#Cc1ccc(Br)cc1)C/C=C\CO. The number of halogens is 1. The van der Waals surface area contributed by atoms with Crippen LogP contribution in [0.1, 0.15) is 25.8 Å². The molecule has 0 fully saturated rings. The van der Waals surface area contributed by atoms with Crippen LogP contribution < -0.4 is 0 Å². The van der Waals surface area contributed by atoms with Crippen LogP contribution in [0.2, 0.25) is 0 Å². The zero-order valence-electron chi connectivity index (χ0n) is 12.2. The van der Waals surface area contributed by atoms with Gasteiger partial charge in [0.05, 0.1) is 13.2 Å². The molecule has 112 valence electrons. The first-order chi connectivity index (χ1) is 10.0. The van der Waals surface area contributed by atoms with Crippen LogP contribution in [0.25, 0.3) is 0 Å². The number of carbonyl (C=O) groups is 1. The smallest absolute Gasteiger partial charge is 0.324 e. The first-order valence-corrected chi connectivity index (χ1v) is 7.53. The van der Waals surface area contributed by atoms with Crippen molar-refractivity contribution in [2.24, 2.45) is 5.41 Å². The summed E-state index contributed by atoms with van der Waals surface area (Å²) in [5, 5.41) is 8.80. The van der Waals surface area contributed by atoms with Crippen molar-refractivity contribution >= 4 is 21.9 Å². The lowest BCUT2D eigenvalue weighted by Gasteiger charge is -2.19. The number of hydrogen-bond acceptors (Lipinski definition) is 3. The van der Waals surface area contributed by atoms with E-state index in [2.05, 4.69) is 27.8 Å². The molecule has 0 saturated carbocycles. The maximum atomic E-state index is 12.1. The molecule has 1 aromatic carbocycles. The number of esters is 1. The zero-order chi connectivity index (χ0) is 15.7. The quantitative estimate of drug-likeness (QED) is 0.503. The standard InChI is InChI=1S/C17H19BrO3/c1-3-21-16(20)17(2,11-4-5-13-19)12-10-14-6-8-15(18)9-7-14/h4-9,19H,3,11,13H2,1-2H3/b5-4-. The molecule has 0 aromatic heterocycles. The third kappa shape index (κ3) is 5.74. The normalized spacial score (nSPS) is 13.3. The summed E-state index contributed by atoms with van der Waals surface area (Å²) in [4.78, 5) is 12.1. The summed E-state index contributed by atoms with van der Waals surface area (Å²) in [6.45, 7) is 3.78. The molecule has 0 radical (unpaired) electrons. The fourth-order valence-corrected chi connectivity index (χ4v) is 1.88. The van der Waals surface area contributed by atoms with Crippen molar-refractivity contribution in [3.8, 4) is 11.8 Å². The molecular weight excluding hydrogens is 332 g/mol. The van der Waals surface area contributed by atoms with E-state index < -0.39 is 5.41 Å². The van der Waals surface area contributed by atoms with E-state index >= 15 is 0 Å². The van der Waals surface area contributed by atoms with Gasteiger partial charge in [0.1, 0.15) is 5.41 Å². The predicted molar refractivity (Wildman–Crippen MR) is 86.6 cm³/mol. The van der Waals surface area contributed by atoms with Gasteiger partial charge < -0.3 is 9.84 Å². The first-order valence-electron chi connectivity index (χ1n) is 6.73. The van der Waals surface area contributed by atoms with Crippen LogP contribution in [0.5, 0.6) is 0 Å². The molecule has 0 aliphatic heterocycles. The van der Waals surface area contributed by atoms with Gasteiger partial charge in [-0.05, 0) is 44.5 Å². The van der Waals surface area contributed by atoms with Gasteiger partial charge in [0.15, 0.2) is 0 Å². The summed E-state index contributed by atoms with van der Waals surface area (Å²) in [5.74, 6) is 5.66. The lowest BCUT2D eigenvalue weighted by molar-refractivity contribution is -0.150. The van der Waals surface area contributed by atoms with Gasteiger partial charge in [0.2, 0.25) is 0 Å². The monoisotopic (exact) mass is 350 g/mol. The number of aliphatic hydroxyl groups is 1. The molecule has 0 spiro atoms. The maximum absolute atomic E-state index is 12.1. The number of ether oxygens (including phenoxy) is 1. The second kappa shape index (κ2) is 8.66. The number of allylic oxidation sites excluding steroid dienone is 1. The van der Waals surface area contributed by atoms with Gasteiger partial charge in [-0.2, -0.15) is 0 Å². The fourth-order valence-electron chi connectivity index (χ4n) is 1.61. The molecule has 1 N–H and O–H groups in total. The van der Waals surface area contributed by atoms with Gasteiger partial charge in [0, 0.05) is 10.0 Å².